The van der Waals surface area contributed by atoms with Crippen molar-refractivity contribution in [2.45, 2.75) is 20.8 Å². The van der Waals surface area contributed by atoms with Crippen LogP contribution in [0.5, 0.6) is 0 Å². The van der Waals surface area contributed by atoms with Crippen LogP contribution in [0.4, 0.5) is 0 Å². The van der Waals surface area contributed by atoms with Gasteiger partial charge in [0.15, 0.2) is 5.78 Å². The molecule has 0 saturated carbocycles. The lowest BCUT2D eigenvalue weighted by molar-refractivity contribution is -0.119. The number of aromatic nitrogens is 3. The molecule has 0 fully saturated rings. The van der Waals surface area contributed by atoms with E-state index in [1.807, 2.05) is 61.9 Å². The van der Waals surface area contributed by atoms with E-state index in [4.69, 9.17) is 0 Å². The Labute approximate surface area is 149 Å². The Morgan fingerprint density at radius 2 is 1.96 bits per heavy atom. The van der Waals surface area contributed by atoms with Gasteiger partial charge < -0.3 is 9.55 Å². The number of Topliss-reactive ketones (excluding diaryl/α,β-unsaturated/α-hetero) is 1. The third-order valence-electron chi connectivity index (χ3n) is 3.68. The highest BCUT2D eigenvalue weighted by Gasteiger charge is 2.18. The van der Waals surface area contributed by atoms with Crippen molar-refractivity contribution in [1.82, 2.24) is 14.5 Å². The number of nitrogens with zero attached hydrogens (tertiary/aromatic N) is 2. The minimum atomic E-state index is -0.464. The normalized spacial score (nSPS) is 13.4. The van der Waals surface area contributed by atoms with Crippen molar-refractivity contribution in [2.75, 3.05) is 0 Å². The summed E-state index contributed by atoms with van der Waals surface area (Å²) in [5.41, 5.74) is 1.27. The summed E-state index contributed by atoms with van der Waals surface area (Å²) in [4.78, 5) is 31.0. The highest BCUT2D eigenvalue weighted by molar-refractivity contribution is 7.07. The molecule has 0 spiro atoms. The summed E-state index contributed by atoms with van der Waals surface area (Å²) < 4.78 is 3.06. The Hall–Kier alpha value is -2.73. The van der Waals surface area contributed by atoms with Crippen molar-refractivity contribution in [3.8, 4) is 5.69 Å². The van der Waals surface area contributed by atoms with E-state index in [2.05, 4.69) is 9.97 Å². The second-order valence-corrected chi connectivity index (χ2v) is 7.83. The van der Waals surface area contributed by atoms with Crippen LogP contribution in [0.25, 0.3) is 17.8 Å². The van der Waals surface area contributed by atoms with Gasteiger partial charge >= 0.3 is 0 Å². The fourth-order valence-electron chi connectivity index (χ4n) is 2.17. The largest absolute Gasteiger partial charge is 0.313 e. The second-order valence-electron chi connectivity index (χ2n) is 6.75. The van der Waals surface area contributed by atoms with Gasteiger partial charge in [0.05, 0.1) is 15.5 Å². The first-order valence-corrected chi connectivity index (χ1v) is 8.70. The van der Waals surface area contributed by atoms with Gasteiger partial charge in [-0.3, -0.25) is 9.59 Å². The number of H-pyrrole nitrogens is 1. The number of carbonyl (C=O) groups excluding carboxylic acids is 1. The lowest BCUT2D eigenvalue weighted by Crippen LogP contribution is -2.22. The Morgan fingerprint density at radius 1 is 1.24 bits per heavy atom. The summed E-state index contributed by atoms with van der Waals surface area (Å²) >= 11 is 1.29. The van der Waals surface area contributed by atoms with Crippen molar-refractivity contribution >= 4 is 29.3 Å². The molecule has 0 atom stereocenters. The summed E-state index contributed by atoms with van der Waals surface area (Å²) in [6.45, 7) is 5.56. The molecular weight excluding hydrogens is 334 g/mol. The Kier molecular flexibility index (Phi) is 4.55. The fraction of sp³-hybridized carbons (Fsp3) is 0.211. The van der Waals surface area contributed by atoms with Crippen LogP contribution in [-0.4, -0.2) is 20.3 Å². The van der Waals surface area contributed by atoms with E-state index < -0.39 is 5.41 Å². The monoisotopic (exact) mass is 353 g/mol. The lowest BCUT2D eigenvalue weighted by atomic mass is 9.91. The predicted molar refractivity (Wildman–Crippen MR) is 100 cm³/mol. The van der Waals surface area contributed by atoms with E-state index in [-0.39, 0.29) is 11.3 Å². The Morgan fingerprint density at radius 3 is 2.56 bits per heavy atom. The van der Waals surface area contributed by atoms with Crippen LogP contribution >= 0.6 is 11.3 Å². The molecular formula is C19H19N3O2S. The first kappa shape index (κ1) is 17.1. The maximum absolute atomic E-state index is 12.1. The molecule has 0 aliphatic carbocycles. The maximum atomic E-state index is 12.1. The molecule has 2 aromatic heterocycles. The minimum absolute atomic E-state index is 0.0127. The molecule has 1 N–H and O–H groups in total. The molecule has 25 heavy (non-hydrogen) atoms. The number of carbonyl (C=O) groups is 1. The van der Waals surface area contributed by atoms with Gasteiger partial charge in [0.1, 0.15) is 0 Å². The highest BCUT2D eigenvalue weighted by Crippen LogP contribution is 2.14. The zero-order valence-corrected chi connectivity index (χ0v) is 15.1. The molecule has 0 aliphatic rings. The van der Waals surface area contributed by atoms with Crippen molar-refractivity contribution in [1.29, 1.82) is 0 Å². The van der Waals surface area contributed by atoms with E-state index in [0.29, 0.717) is 9.20 Å². The van der Waals surface area contributed by atoms with E-state index in [1.165, 1.54) is 17.4 Å². The zero-order valence-electron chi connectivity index (χ0n) is 14.3. The van der Waals surface area contributed by atoms with Gasteiger partial charge in [-0.1, -0.05) is 32.9 Å². The summed E-state index contributed by atoms with van der Waals surface area (Å²) in [6, 6.07) is 7.81. The van der Waals surface area contributed by atoms with Crippen LogP contribution in [0, 0.1) is 5.41 Å². The van der Waals surface area contributed by atoms with Crippen molar-refractivity contribution in [3.63, 3.8) is 0 Å². The van der Waals surface area contributed by atoms with Gasteiger partial charge in [-0.05, 0) is 23.8 Å². The van der Waals surface area contributed by atoms with E-state index in [9.17, 15) is 9.59 Å². The Bertz CT molecular complexity index is 1050. The summed E-state index contributed by atoms with van der Waals surface area (Å²) in [5, 5.41) is 0. The standard InChI is InChI=1S/C19H19N3O2S/c1-19(2,3)16(23)11-17-21-18(24)15(25-17)10-13-4-6-14(7-5-13)22-9-8-20-12-22/h4-12H,1-3H3,(H,21,24). The van der Waals surface area contributed by atoms with Crippen LogP contribution in [0.15, 0.2) is 47.8 Å². The molecule has 3 aromatic rings. The SMILES string of the molecule is CC(C)(C)C(=O)C=c1[nH]c(=O)c(=Cc2ccc(-n3ccnc3)cc2)s1. The quantitative estimate of drug-likeness (QED) is 0.781. The van der Waals surface area contributed by atoms with Crippen LogP contribution in [0.2, 0.25) is 0 Å². The molecule has 6 heteroatoms. The number of thiazole rings is 1. The van der Waals surface area contributed by atoms with Gasteiger partial charge in [0.2, 0.25) is 0 Å². The average molecular weight is 353 g/mol. The summed E-state index contributed by atoms with van der Waals surface area (Å²) in [6.07, 6.45) is 8.65. The smallest absolute Gasteiger partial charge is 0.266 e. The van der Waals surface area contributed by atoms with Gasteiger partial charge in [-0.15, -0.1) is 11.3 Å². The van der Waals surface area contributed by atoms with Crippen molar-refractivity contribution in [2.24, 2.45) is 5.41 Å². The van der Waals surface area contributed by atoms with Gasteiger partial charge in [-0.2, -0.15) is 0 Å². The number of imidazole rings is 1. The number of nitrogens with one attached hydrogen (secondary N) is 1. The number of hydrogen-bond acceptors (Lipinski definition) is 4. The minimum Gasteiger partial charge on any atom is -0.313 e. The molecule has 0 saturated heterocycles. The lowest BCUT2D eigenvalue weighted by Gasteiger charge is -2.12. The summed E-state index contributed by atoms with van der Waals surface area (Å²) in [5.74, 6) is -0.0127. The summed E-state index contributed by atoms with van der Waals surface area (Å²) in [7, 11) is 0. The Balaban J connectivity index is 1.93. The van der Waals surface area contributed by atoms with Crippen LogP contribution in [0.3, 0.4) is 0 Å². The second kappa shape index (κ2) is 6.64. The number of benzene rings is 1. The molecule has 1 aromatic carbocycles. The molecule has 128 valence electrons. The molecule has 5 nitrogen and oxygen atoms in total. The van der Waals surface area contributed by atoms with E-state index >= 15 is 0 Å². The molecule has 0 bridgehead atoms. The third-order valence-corrected chi connectivity index (χ3v) is 4.64. The van der Waals surface area contributed by atoms with Crippen LogP contribution in [0.1, 0.15) is 26.3 Å². The highest BCUT2D eigenvalue weighted by atomic mass is 32.1. The molecule has 0 amide bonds. The number of rotatable bonds is 3. The number of ketones is 1. The average Bonchev–Trinajstić information content (AvgIpc) is 3.18. The van der Waals surface area contributed by atoms with Crippen molar-refractivity contribution < 1.29 is 4.79 Å². The van der Waals surface area contributed by atoms with Crippen LogP contribution in [-0.2, 0) is 4.79 Å². The number of hydrogen-bond donors (Lipinski definition) is 1. The molecule has 0 aliphatic heterocycles. The van der Waals surface area contributed by atoms with Crippen LogP contribution < -0.4 is 14.8 Å². The van der Waals surface area contributed by atoms with Gasteiger partial charge in [-0.25, -0.2) is 4.98 Å². The maximum Gasteiger partial charge on any atom is 0.266 e. The van der Waals surface area contributed by atoms with E-state index in [1.54, 1.807) is 12.5 Å². The van der Waals surface area contributed by atoms with Gasteiger partial charge in [0.25, 0.3) is 5.56 Å². The topological polar surface area (TPSA) is 67.8 Å². The third kappa shape index (κ3) is 4.03. The van der Waals surface area contributed by atoms with Crippen molar-refractivity contribution in [3.05, 3.63) is 68.1 Å². The molecule has 0 unspecified atom stereocenters. The predicted octanol–water partition coefficient (Wildman–Crippen LogP) is 1.85. The molecule has 2 heterocycles. The first-order valence-electron chi connectivity index (χ1n) is 7.88. The fourth-order valence-corrected chi connectivity index (χ4v) is 3.05. The zero-order chi connectivity index (χ0) is 18.0. The first-order chi connectivity index (χ1) is 11.8. The number of aromatic amines is 1. The van der Waals surface area contributed by atoms with Gasteiger partial charge in [0, 0.05) is 29.6 Å². The van der Waals surface area contributed by atoms with E-state index in [0.717, 1.165) is 11.3 Å². The molecule has 0 radical (unpaired) electrons. The molecule has 3 rings (SSSR count).